The Morgan fingerprint density at radius 2 is 1.70 bits per heavy atom. The van der Waals surface area contributed by atoms with Gasteiger partial charge >= 0.3 is 0 Å². The van der Waals surface area contributed by atoms with Crippen LogP contribution in [0.25, 0.3) is 28.0 Å². The van der Waals surface area contributed by atoms with E-state index in [1.54, 1.807) is 24.4 Å². The number of anilines is 2. The van der Waals surface area contributed by atoms with Crippen molar-refractivity contribution in [2.75, 3.05) is 11.1 Å². The summed E-state index contributed by atoms with van der Waals surface area (Å²) in [7, 11) is -3.56. The van der Waals surface area contributed by atoms with E-state index in [-0.39, 0.29) is 16.5 Å². The Labute approximate surface area is 215 Å². The van der Waals surface area contributed by atoms with Gasteiger partial charge in [-0.2, -0.15) is 0 Å². The van der Waals surface area contributed by atoms with Gasteiger partial charge in [-0.3, -0.25) is 9.38 Å². The van der Waals surface area contributed by atoms with Crippen LogP contribution >= 0.6 is 0 Å². The summed E-state index contributed by atoms with van der Waals surface area (Å²) in [6.07, 6.45) is 4.79. The van der Waals surface area contributed by atoms with Crippen molar-refractivity contribution in [1.29, 1.82) is 0 Å². The van der Waals surface area contributed by atoms with Crippen LogP contribution in [0.4, 0.5) is 15.9 Å². The molecule has 0 bridgehead atoms. The van der Waals surface area contributed by atoms with E-state index in [0.717, 1.165) is 11.1 Å². The zero-order valence-corrected chi connectivity index (χ0v) is 21.5. The van der Waals surface area contributed by atoms with E-state index in [2.05, 4.69) is 20.5 Å². The summed E-state index contributed by atoms with van der Waals surface area (Å²) in [6.45, 7) is 5.64. The lowest BCUT2D eigenvalue weighted by Gasteiger charge is -2.18. The summed E-state index contributed by atoms with van der Waals surface area (Å²) in [5.41, 5.74) is 3.20. The van der Waals surface area contributed by atoms with Crippen molar-refractivity contribution in [3.8, 4) is 22.5 Å². The fraction of sp³-hybridized carbons (Fsp3) is 0.179. The van der Waals surface area contributed by atoms with E-state index in [1.807, 2.05) is 67.8 Å². The average molecular weight is 516 g/mol. The molecule has 0 aliphatic carbocycles. The number of sulfone groups is 1. The maximum Gasteiger partial charge on any atom is 0.180 e. The summed E-state index contributed by atoms with van der Waals surface area (Å²) >= 11 is 0. The first kappa shape index (κ1) is 24.6. The molecule has 9 heteroatoms. The first-order valence-corrected chi connectivity index (χ1v) is 13.4. The summed E-state index contributed by atoms with van der Waals surface area (Å²) in [5, 5.41) is 12.0. The molecule has 0 fully saturated rings. The number of rotatable bonds is 6. The lowest BCUT2D eigenvalue weighted by molar-refractivity contribution is 0.461. The van der Waals surface area contributed by atoms with Crippen molar-refractivity contribution in [3.05, 3.63) is 91.1 Å². The summed E-state index contributed by atoms with van der Waals surface area (Å²) in [4.78, 5) is 4.34. The van der Waals surface area contributed by atoms with Gasteiger partial charge in [0.1, 0.15) is 5.82 Å². The maximum absolute atomic E-state index is 13.9. The SMILES string of the molecule is CC(C)(C)CS(=O)(=O)c1cncc(-c2nnc(Nc3cccc(F)c3)c3c(-c4ccccc4)ccn23)c1. The molecule has 3 aromatic heterocycles. The number of halogens is 1. The predicted molar refractivity (Wildman–Crippen MR) is 143 cm³/mol. The molecule has 0 aliphatic heterocycles. The normalized spacial score (nSPS) is 12.1. The van der Waals surface area contributed by atoms with Crippen LogP contribution in [0.5, 0.6) is 0 Å². The number of fused-ring (bicyclic) bond motifs is 1. The predicted octanol–water partition coefficient (Wildman–Crippen LogP) is 6.16. The van der Waals surface area contributed by atoms with E-state index < -0.39 is 15.3 Å². The topological polar surface area (TPSA) is 89.2 Å². The zero-order chi connectivity index (χ0) is 26.2. The molecule has 0 atom stereocenters. The Morgan fingerprint density at radius 3 is 2.43 bits per heavy atom. The van der Waals surface area contributed by atoms with E-state index in [1.165, 1.54) is 18.3 Å². The molecule has 5 aromatic rings. The van der Waals surface area contributed by atoms with Crippen molar-refractivity contribution >= 4 is 26.9 Å². The molecular formula is C28H26FN5O2S. The first-order valence-electron chi connectivity index (χ1n) is 11.7. The molecule has 37 heavy (non-hydrogen) atoms. The second-order valence-electron chi connectivity index (χ2n) is 10.1. The van der Waals surface area contributed by atoms with Crippen LogP contribution in [0.15, 0.2) is 90.2 Å². The third-order valence-corrected chi connectivity index (χ3v) is 7.90. The van der Waals surface area contributed by atoms with Crippen LogP contribution in [0.3, 0.4) is 0 Å². The number of nitrogens with one attached hydrogen (secondary N) is 1. The van der Waals surface area contributed by atoms with E-state index in [0.29, 0.717) is 28.4 Å². The minimum Gasteiger partial charge on any atom is -0.337 e. The van der Waals surface area contributed by atoms with E-state index >= 15 is 0 Å². The van der Waals surface area contributed by atoms with Crippen molar-refractivity contribution in [2.24, 2.45) is 5.41 Å². The van der Waals surface area contributed by atoms with E-state index in [9.17, 15) is 12.8 Å². The van der Waals surface area contributed by atoms with Gasteiger partial charge in [-0.05, 0) is 41.3 Å². The van der Waals surface area contributed by atoms with Gasteiger partial charge in [0.2, 0.25) is 0 Å². The van der Waals surface area contributed by atoms with Crippen molar-refractivity contribution < 1.29 is 12.8 Å². The van der Waals surface area contributed by atoms with Gasteiger partial charge < -0.3 is 5.32 Å². The van der Waals surface area contributed by atoms with Crippen molar-refractivity contribution in [1.82, 2.24) is 19.6 Å². The largest absolute Gasteiger partial charge is 0.337 e. The van der Waals surface area contributed by atoms with Crippen LogP contribution in [0.1, 0.15) is 20.8 Å². The third-order valence-electron chi connectivity index (χ3n) is 5.71. The number of aromatic nitrogens is 4. The van der Waals surface area contributed by atoms with Gasteiger partial charge in [-0.15, -0.1) is 10.2 Å². The molecule has 188 valence electrons. The molecule has 5 rings (SSSR count). The molecule has 0 amide bonds. The summed E-state index contributed by atoms with van der Waals surface area (Å²) in [5.74, 6) is 0.485. The lowest BCUT2D eigenvalue weighted by Crippen LogP contribution is -2.21. The Hall–Kier alpha value is -4.11. The smallest absolute Gasteiger partial charge is 0.180 e. The van der Waals surface area contributed by atoms with Gasteiger partial charge in [-0.25, -0.2) is 12.8 Å². The Morgan fingerprint density at radius 1 is 0.919 bits per heavy atom. The summed E-state index contributed by atoms with van der Waals surface area (Å²) < 4.78 is 41.8. The standard InChI is InChI=1S/C28H26FN5O2S/c1-28(2,3)18-37(35,36)23-14-20(16-30-17-23)27-33-32-26(31-22-11-7-10-21(29)15-22)25-24(12-13-34(25)27)19-8-5-4-6-9-19/h4-17H,18H2,1-3H3,(H,31,32). The molecule has 0 unspecified atom stereocenters. The highest BCUT2D eigenvalue weighted by Crippen LogP contribution is 2.34. The second kappa shape index (κ2) is 9.40. The van der Waals surface area contributed by atoms with Crippen LogP contribution in [0, 0.1) is 11.2 Å². The summed E-state index contributed by atoms with van der Waals surface area (Å²) in [6, 6.07) is 19.4. The van der Waals surface area contributed by atoms with Gasteiger partial charge in [0.05, 0.1) is 16.2 Å². The van der Waals surface area contributed by atoms with Crippen molar-refractivity contribution in [3.63, 3.8) is 0 Å². The monoisotopic (exact) mass is 515 g/mol. The average Bonchev–Trinajstić information content (AvgIpc) is 3.29. The van der Waals surface area contributed by atoms with Crippen LogP contribution < -0.4 is 5.32 Å². The molecule has 3 heterocycles. The van der Waals surface area contributed by atoms with Crippen molar-refractivity contribution in [2.45, 2.75) is 25.7 Å². The highest BCUT2D eigenvalue weighted by Gasteiger charge is 2.25. The maximum atomic E-state index is 13.9. The number of benzene rings is 2. The highest BCUT2D eigenvalue weighted by molar-refractivity contribution is 7.91. The van der Waals surface area contributed by atoms with Gasteiger partial charge in [0.25, 0.3) is 0 Å². The lowest BCUT2D eigenvalue weighted by atomic mass is 10.0. The Bertz CT molecular complexity index is 1690. The molecule has 0 aliphatic rings. The molecule has 0 radical (unpaired) electrons. The zero-order valence-electron chi connectivity index (χ0n) is 20.7. The third kappa shape index (κ3) is 5.22. The van der Waals surface area contributed by atoms with Crippen LogP contribution in [-0.2, 0) is 9.84 Å². The number of pyridine rings is 1. The molecule has 1 N–H and O–H groups in total. The number of hydrogen-bond acceptors (Lipinski definition) is 6. The fourth-order valence-corrected chi connectivity index (χ4v) is 6.08. The number of nitrogens with zero attached hydrogens (tertiary/aromatic N) is 4. The minimum absolute atomic E-state index is 0.00953. The van der Waals surface area contributed by atoms with Gasteiger partial charge in [0, 0.05) is 35.4 Å². The first-order chi connectivity index (χ1) is 17.6. The Kier molecular flexibility index (Phi) is 6.25. The molecule has 0 saturated carbocycles. The minimum atomic E-state index is -3.56. The number of hydrogen-bond donors (Lipinski definition) is 1. The molecule has 7 nitrogen and oxygen atoms in total. The molecule has 0 spiro atoms. The second-order valence-corrected chi connectivity index (χ2v) is 12.0. The van der Waals surface area contributed by atoms with Crippen LogP contribution in [0.2, 0.25) is 0 Å². The van der Waals surface area contributed by atoms with E-state index in [4.69, 9.17) is 0 Å². The Balaban J connectivity index is 1.67. The van der Waals surface area contributed by atoms with Gasteiger partial charge in [0.15, 0.2) is 21.5 Å². The van der Waals surface area contributed by atoms with Crippen LogP contribution in [-0.4, -0.2) is 33.8 Å². The highest BCUT2D eigenvalue weighted by atomic mass is 32.2. The molecule has 0 saturated heterocycles. The molecule has 2 aromatic carbocycles. The quantitative estimate of drug-likeness (QED) is 0.291. The molecular weight excluding hydrogens is 489 g/mol. The van der Waals surface area contributed by atoms with Gasteiger partial charge in [-0.1, -0.05) is 57.2 Å². The fourth-order valence-electron chi connectivity index (χ4n) is 4.24.